The first kappa shape index (κ1) is 19.7. The van der Waals surface area contributed by atoms with Gasteiger partial charge in [0.05, 0.1) is 29.8 Å². The number of rotatable bonds is 5. The van der Waals surface area contributed by atoms with Crippen LogP contribution in [0, 0.1) is 17.5 Å². The summed E-state index contributed by atoms with van der Waals surface area (Å²) in [5, 5.41) is 3.94. The van der Waals surface area contributed by atoms with Gasteiger partial charge >= 0.3 is 6.18 Å². The first-order valence-corrected chi connectivity index (χ1v) is 8.00. The number of nitrogens with zero attached hydrogens (tertiary/aromatic N) is 2. The average Bonchev–Trinajstić information content (AvgIpc) is 3.00. The number of benzene rings is 2. The highest BCUT2D eigenvalue weighted by Crippen LogP contribution is 2.32. The molecule has 0 unspecified atom stereocenters. The molecule has 0 bridgehead atoms. The number of alkyl halides is 3. The summed E-state index contributed by atoms with van der Waals surface area (Å²) >= 11 is 0. The summed E-state index contributed by atoms with van der Waals surface area (Å²) in [6.07, 6.45) is -3.82. The zero-order chi connectivity index (χ0) is 20.5. The third-order valence-electron chi connectivity index (χ3n) is 3.98. The molecule has 0 fully saturated rings. The van der Waals surface area contributed by atoms with Crippen LogP contribution in [-0.4, -0.2) is 15.6 Å². The Morgan fingerprint density at radius 2 is 1.68 bits per heavy atom. The van der Waals surface area contributed by atoms with Gasteiger partial charge in [0, 0.05) is 6.20 Å². The van der Waals surface area contributed by atoms with E-state index in [0.29, 0.717) is 12.1 Å². The molecule has 1 aromatic heterocycles. The van der Waals surface area contributed by atoms with Crippen molar-refractivity contribution >= 4 is 5.78 Å². The van der Waals surface area contributed by atoms with Crippen molar-refractivity contribution in [2.24, 2.45) is 0 Å². The van der Waals surface area contributed by atoms with Crippen LogP contribution in [0.2, 0.25) is 0 Å². The minimum atomic E-state index is -4.67. The van der Waals surface area contributed by atoms with Gasteiger partial charge in [-0.2, -0.15) is 18.3 Å². The van der Waals surface area contributed by atoms with Crippen LogP contribution in [0.3, 0.4) is 0 Å². The SMILES string of the molecule is O=C(Cc1ccn(Cc2cc(F)ccc2C(F)(F)F)n1)c1c(F)cccc1F. The van der Waals surface area contributed by atoms with Crippen molar-refractivity contribution in [3.63, 3.8) is 0 Å². The molecule has 0 aliphatic heterocycles. The van der Waals surface area contributed by atoms with Crippen LogP contribution in [0.5, 0.6) is 0 Å². The molecule has 3 nitrogen and oxygen atoms in total. The van der Waals surface area contributed by atoms with Gasteiger partial charge in [-0.05, 0) is 42.0 Å². The van der Waals surface area contributed by atoms with Crippen molar-refractivity contribution in [3.8, 4) is 0 Å². The number of aromatic nitrogens is 2. The first-order chi connectivity index (χ1) is 13.1. The molecule has 0 radical (unpaired) electrons. The summed E-state index contributed by atoms with van der Waals surface area (Å²) in [7, 11) is 0. The molecule has 1 heterocycles. The fraction of sp³-hybridized carbons (Fsp3) is 0.158. The highest BCUT2D eigenvalue weighted by atomic mass is 19.4. The number of hydrogen-bond donors (Lipinski definition) is 0. The van der Waals surface area contributed by atoms with Crippen molar-refractivity contribution in [1.29, 1.82) is 0 Å². The molecule has 0 aliphatic rings. The largest absolute Gasteiger partial charge is 0.416 e. The zero-order valence-corrected chi connectivity index (χ0v) is 14.1. The van der Waals surface area contributed by atoms with Gasteiger partial charge in [-0.15, -0.1) is 0 Å². The Bertz CT molecular complexity index is 1010. The zero-order valence-electron chi connectivity index (χ0n) is 14.1. The van der Waals surface area contributed by atoms with Gasteiger partial charge in [-0.1, -0.05) is 6.07 Å². The number of Topliss-reactive ketones (excluding diaryl/α,β-unsaturated/α-hetero) is 1. The molecule has 0 spiro atoms. The highest BCUT2D eigenvalue weighted by molar-refractivity contribution is 5.97. The molecule has 0 saturated carbocycles. The third kappa shape index (κ3) is 4.24. The molecular weight excluding hydrogens is 386 g/mol. The van der Waals surface area contributed by atoms with E-state index >= 15 is 0 Å². The van der Waals surface area contributed by atoms with Gasteiger partial charge < -0.3 is 0 Å². The minimum Gasteiger partial charge on any atom is -0.294 e. The molecular formula is C19H12F6N2O. The second-order valence-corrected chi connectivity index (χ2v) is 6.00. The summed E-state index contributed by atoms with van der Waals surface area (Å²) < 4.78 is 80.9. The van der Waals surface area contributed by atoms with E-state index in [1.807, 2.05) is 0 Å². The Hall–Kier alpha value is -3.10. The topological polar surface area (TPSA) is 34.9 Å². The summed E-state index contributed by atoms with van der Waals surface area (Å²) in [5.74, 6) is -3.72. The van der Waals surface area contributed by atoms with Gasteiger partial charge in [0.15, 0.2) is 5.78 Å². The lowest BCUT2D eigenvalue weighted by Gasteiger charge is -2.13. The van der Waals surface area contributed by atoms with Gasteiger partial charge in [0.1, 0.15) is 17.5 Å². The Labute approximate surface area is 155 Å². The lowest BCUT2D eigenvalue weighted by atomic mass is 10.1. The number of halogens is 6. The van der Waals surface area contributed by atoms with E-state index < -0.39 is 53.5 Å². The molecule has 3 rings (SSSR count). The number of carbonyl (C=O) groups is 1. The third-order valence-corrected chi connectivity index (χ3v) is 3.98. The Kier molecular flexibility index (Phi) is 5.26. The molecule has 2 aromatic carbocycles. The van der Waals surface area contributed by atoms with E-state index in [9.17, 15) is 31.1 Å². The lowest BCUT2D eigenvalue weighted by Crippen LogP contribution is -2.13. The molecule has 9 heteroatoms. The normalized spacial score (nSPS) is 11.6. The van der Waals surface area contributed by atoms with E-state index in [2.05, 4.69) is 5.10 Å². The predicted molar refractivity (Wildman–Crippen MR) is 87.1 cm³/mol. The van der Waals surface area contributed by atoms with Crippen molar-refractivity contribution in [1.82, 2.24) is 9.78 Å². The Morgan fingerprint density at radius 1 is 1.00 bits per heavy atom. The molecule has 0 atom stereocenters. The number of ketones is 1. The van der Waals surface area contributed by atoms with Gasteiger partial charge in [0.2, 0.25) is 0 Å². The van der Waals surface area contributed by atoms with Crippen LogP contribution in [0.1, 0.15) is 27.2 Å². The summed E-state index contributed by atoms with van der Waals surface area (Å²) in [4.78, 5) is 12.1. The molecule has 0 saturated heterocycles. The van der Waals surface area contributed by atoms with Crippen molar-refractivity contribution < 1.29 is 31.1 Å². The van der Waals surface area contributed by atoms with E-state index in [4.69, 9.17) is 0 Å². The van der Waals surface area contributed by atoms with Gasteiger partial charge in [0.25, 0.3) is 0 Å². The molecule has 0 aliphatic carbocycles. The maximum absolute atomic E-state index is 13.7. The smallest absolute Gasteiger partial charge is 0.294 e. The van der Waals surface area contributed by atoms with Gasteiger partial charge in [-0.25, -0.2) is 13.2 Å². The number of hydrogen-bond acceptors (Lipinski definition) is 2. The first-order valence-electron chi connectivity index (χ1n) is 8.00. The van der Waals surface area contributed by atoms with Crippen molar-refractivity contribution in [2.75, 3.05) is 0 Å². The fourth-order valence-corrected chi connectivity index (χ4v) is 2.75. The highest BCUT2D eigenvalue weighted by Gasteiger charge is 2.33. The van der Waals surface area contributed by atoms with E-state index in [1.165, 1.54) is 12.3 Å². The van der Waals surface area contributed by atoms with Gasteiger partial charge in [-0.3, -0.25) is 9.48 Å². The Balaban J connectivity index is 1.81. The minimum absolute atomic E-state index is 0.109. The summed E-state index contributed by atoms with van der Waals surface area (Å²) in [6, 6.07) is 6.44. The second-order valence-electron chi connectivity index (χ2n) is 6.00. The Morgan fingerprint density at radius 3 is 2.32 bits per heavy atom. The van der Waals surface area contributed by atoms with Crippen LogP contribution in [0.25, 0.3) is 0 Å². The standard InChI is InChI=1S/C19H12F6N2O/c20-12-4-5-14(19(23,24)25)11(8-12)10-27-7-6-13(26-27)9-17(28)18-15(21)2-1-3-16(18)22/h1-8H,9-10H2. The molecule has 0 amide bonds. The van der Waals surface area contributed by atoms with Crippen LogP contribution in [0.15, 0.2) is 48.7 Å². The second kappa shape index (κ2) is 7.49. The van der Waals surface area contributed by atoms with E-state index in [1.54, 1.807) is 0 Å². The molecule has 3 aromatic rings. The monoisotopic (exact) mass is 398 g/mol. The van der Waals surface area contributed by atoms with Crippen LogP contribution >= 0.6 is 0 Å². The van der Waals surface area contributed by atoms with E-state index in [-0.39, 0.29) is 11.3 Å². The molecule has 28 heavy (non-hydrogen) atoms. The molecule has 146 valence electrons. The predicted octanol–water partition coefficient (Wildman–Crippen LogP) is 4.79. The van der Waals surface area contributed by atoms with Crippen LogP contribution in [-0.2, 0) is 19.1 Å². The van der Waals surface area contributed by atoms with E-state index in [0.717, 1.165) is 28.9 Å². The van der Waals surface area contributed by atoms with Crippen molar-refractivity contribution in [3.05, 3.63) is 88.5 Å². The number of carbonyl (C=O) groups excluding carboxylic acids is 1. The maximum atomic E-state index is 13.7. The maximum Gasteiger partial charge on any atom is 0.416 e. The van der Waals surface area contributed by atoms with Crippen LogP contribution in [0.4, 0.5) is 26.3 Å². The summed E-state index contributed by atoms with van der Waals surface area (Å²) in [6.45, 7) is -0.394. The molecule has 0 N–H and O–H groups in total. The fourth-order valence-electron chi connectivity index (χ4n) is 2.75. The van der Waals surface area contributed by atoms with Crippen molar-refractivity contribution in [2.45, 2.75) is 19.1 Å². The average molecular weight is 398 g/mol. The van der Waals surface area contributed by atoms with Crippen LogP contribution < -0.4 is 0 Å². The lowest BCUT2D eigenvalue weighted by molar-refractivity contribution is -0.138. The quantitative estimate of drug-likeness (QED) is 0.458. The summed E-state index contributed by atoms with van der Waals surface area (Å²) in [5.41, 5.74) is -1.94.